The van der Waals surface area contributed by atoms with Crippen LogP contribution in [0.2, 0.25) is 5.02 Å². The van der Waals surface area contributed by atoms with E-state index in [0.717, 1.165) is 12.0 Å². The quantitative estimate of drug-likeness (QED) is 0.629. The van der Waals surface area contributed by atoms with Gasteiger partial charge in [0.25, 0.3) is 0 Å². The van der Waals surface area contributed by atoms with E-state index in [-0.39, 0.29) is 5.69 Å². The van der Waals surface area contributed by atoms with E-state index < -0.39 is 11.6 Å². The van der Waals surface area contributed by atoms with Crippen LogP contribution in [0.3, 0.4) is 0 Å². The molecule has 0 aliphatic carbocycles. The summed E-state index contributed by atoms with van der Waals surface area (Å²) in [6.07, 6.45) is 0.758. The molecule has 0 saturated carbocycles. The van der Waals surface area contributed by atoms with Crippen LogP contribution in [0.5, 0.6) is 0 Å². The van der Waals surface area contributed by atoms with Gasteiger partial charge in [-0.3, -0.25) is 0 Å². The number of rotatable bonds is 6. The Morgan fingerprint density at radius 2 is 1.65 bits per heavy atom. The van der Waals surface area contributed by atoms with Crippen LogP contribution in [-0.4, -0.2) is 16.5 Å². The number of para-hydroxylation sites is 1. The fourth-order valence-electron chi connectivity index (χ4n) is 2.49. The molecule has 0 unspecified atom stereocenters. The Hall–Kier alpha value is -2.73. The molecule has 0 spiro atoms. The van der Waals surface area contributed by atoms with E-state index in [1.54, 1.807) is 13.0 Å². The number of nitrogens with zero attached hydrogens (tertiary/aromatic N) is 2. The van der Waals surface area contributed by atoms with E-state index in [4.69, 9.17) is 11.6 Å². The Bertz CT molecular complexity index is 898. The molecule has 3 rings (SSSR count). The molecule has 3 aromatic rings. The van der Waals surface area contributed by atoms with Gasteiger partial charge in [-0.05, 0) is 43.2 Å². The van der Waals surface area contributed by atoms with Crippen LogP contribution >= 0.6 is 11.6 Å². The van der Waals surface area contributed by atoms with Crippen LogP contribution in [0.15, 0.2) is 48.5 Å². The highest BCUT2D eigenvalue weighted by molar-refractivity contribution is 6.30. The lowest BCUT2D eigenvalue weighted by molar-refractivity contribution is 0.590. The standard InChI is InChI=1S/C19H17ClF2N4/c1-12-24-17(23-9-8-13-4-2-5-14(20)10-13)11-18(25-12)26-19-15(21)6-3-7-16(19)22/h2-7,10-11H,8-9H2,1H3,(H2,23,24,25,26). The molecule has 0 atom stereocenters. The SMILES string of the molecule is Cc1nc(NCCc2cccc(Cl)c2)cc(Nc2c(F)cccc2F)n1. The van der Waals surface area contributed by atoms with Gasteiger partial charge in [0, 0.05) is 17.6 Å². The summed E-state index contributed by atoms with van der Waals surface area (Å²) in [4.78, 5) is 8.47. The molecule has 2 aromatic carbocycles. The van der Waals surface area contributed by atoms with E-state index in [2.05, 4.69) is 20.6 Å². The van der Waals surface area contributed by atoms with Crippen molar-refractivity contribution >= 4 is 28.9 Å². The zero-order valence-electron chi connectivity index (χ0n) is 14.1. The lowest BCUT2D eigenvalue weighted by Crippen LogP contribution is -2.09. The summed E-state index contributed by atoms with van der Waals surface area (Å²) >= 11 is 5.97. The monoisotopic (exact) mass is 374 g/mol. The van der Waals surface area contributed by atoms with Crippen molar-refractivity contribution < 1.29 is 8.78 Å². The van der Waals surface area contributed by atoms with E-state index in [0.29, 0.717) is 29.0 Å². The van der Waals surface area contributed by atoms with Gasteiger partial charge in [-0.15, -0.1) is 0 Å². The minimum Gasteiger partial charge on any atom is -0.370 e. The van der Waals surface area contributed by atoms with Crippen LogP contribution in [0, 0.1) is 18.6 Å². The number of hydrogen-bond acceptors (Lipinski definition) is 4. The van der Waals surface area contributed by atoms with E-state index in [1.165, 1.54) is 18.2 Å². The molecule has 0 amide bonds. The number of aryl methyl sites for hydroxylation is 1. The van der Waals surface area contributed by atoms with E-state index in [1.807, 2.05) is 24.3 Å². The van der Waals surface area contributed by atoms with Gasteiger partial charge in [0.05, 0.1) is 0 Å². The zero-order valence-corrected chi connectivity index (χ0v) is 14.8. The van der Waals surface area contributed by atoms with Crippen molar-refractivity contribution in [3.8, 4) is 0 Å². The Balaban J connectivity index is 1.69. The third kappa shape index (κ3) is 4.67. The third-order valence-corrected chi connectivity index (χ3v) is 3.90. The average molecular weight is 375 g/mol. The van der Waals surface area contributed by atoms with Gasteiger partial charge >= 0.3 is 0 Å². The maximum absolute atomic E-state index is 13.8. The molecular formula is C19H17ClF2N4. The fraction of sp³-hybridized carbons (Fsp3) is 0.158. The highest BCUT2D eigenvalue weighted by Crippen LogP contribution is 2.23. The molecule has 0 bridgehead atoms. The maximum atomic E-state index is 13.8. The van der Waals surface area contributed by atoms with Crippen molar-refractivity contribution in [1.29, 1.82) is 0 Å². The first-order chi connectivity index (χ1) is 12.5. The number of anilines is 3. The van der Waals surface area contributed by atoms with Crippen molar-refractivity contribution in [2.24, 2.45) is 0 Å². The van der Waals surface area contributed by atoms with Gasteiger partial charge in [-0.1, -0.05) is 29.8 Å². The minimum absolute atomic E-state index is 0.240. The summed E-state index contributed by atoms with van der Waals surface area (Å²) in [5, 5.41) is 6.56. The van der Waals surface area contributed by atoms with Crippen molar-refractivity contribution in [1.82, 2.24) is 9.97 Å². The molecule has 1 aromatic heterocycles. The summed E-state index contributed by atoms with van der Waals surface area (Å²) in [6, 6.07) is 12.9. The highest BCUT2D eigenvalue weighted by Gasteiger charge is 2.10. The molecule has 0 saturated heterocycles. The van der Waals surface area contributed by atoms with Gasteiger partial charge in [-0.2, -0.15) is 0 Å². The Labute approximate surface area is 155 Å². The second-order valence-corrected chi connectivity index (χ2v) is 6.15. The molecule has 134 valence electrons. The van der Waals surface area contributed by atoms with Crippen molar-refractivity contribution in [3.05, 3.63) is 76.6 Å². The second kappa shape index (κ2) is 8.10. The van der Waals surface area contributed by atoms with Crippen LogP contribution in [-0.2, 0) is 6.42 Å². The first kappa shape index (κ1) is 18.1. The second-order valence-electron chi connectivity index (χ2n) is 5.71. The van der Waals surface area contributed by atoms with Crippen LogP contribution in [0.4, 0.5) is 26.1 Å². The molecule has 0 fully saturated rings. The lowest BCUT2D eigenvalue weighted by Gasteiger charge is -2.11. The predicted molar refractivity (Wildman–Crippen MR) is 100 cm³/mol. The number of hydrogen-bond donors (Lipinski definition) is 2. The Morgan fingerprint density at radius 1 is 0.962 bits per heavy atom. The normalized spacial score (nSPS) is 10.6. The molecule has 26 heavy (non-hydrogen) atoms. The minimum atomic E-state index is -0.684. The van der Waals surface area contributed by atoms with Gasteiger partial charge in [0.1, 0.15) is 34.8 Å². The van der Waals surface area contributed by atoms with Gasteiger partial charge in [-0.25, -0.2) is 18.7 Å². The zero-order chi connectivity index (χ0) is 18.5. The summed E-state index contributed by atoms with van der Waals surface area (Å²) in [7, 11) is 0. The first-order valence-electron chi connectivity index (χ1n) is 8.06. The Morgan fingerprint density at radius 3 is 2.38 bits per heavy atom. The first-order valence-corrected chi connectivity index (χ1v) is 8.44. The lowest BCUT2D eigenvalue weighted by atomic mass is 10.1. The third-order valence-electron chi connectivity index (χ3n) is 3.66. The summed E-state index contributed by atoms with van der Waals surface area (Å²) in [5.74, 6) is -0.00371. The van der Waals surface area contributed by atoms with Crippen LogP contribution < -0.4 is 10.6 Å². The predicted octanol–water partition coefficient (Wildman–Crippen LogP) is 5.11. The molecule has 0 aliphatic rings. The van der Waals surface area contributed by atoms with Crippen molar-refractivity contribution in [3.63, 3.8) is 0 Å². The van der Waals surface area contributed by atoms with Gasteiger partial charge in [0.15, 0.2) is 0 Å². The highest BCUT2D eigenvalue weighted by atomic mass is 35.5. The molecule has 0 aliphatic heterocycles. The molecular weight excluding hydrogens is 358 g/mol. The topological polar surface area (TPSA) is 49.8 Å². The number of halogens is 3. The summed E-state index contributed by atoms with van der Waals surface area (Å²) in [6.45, 7) is 2.34. The number of nitrogens with one attached hydrogen (secondary N) is 2. The largest absolute Gasteiger partial charge is 0.370 e. The molecule has 4 nitrogen and oxygen atoms in total. The van der Waals surface area contributed by atoms with Crippen molar-refractivity contribution in [2.75, 3.05) is 17.2 Å². The fourth-order valence-corrected chi connectivity index (χ4v) is 2.71. The van der Waals surface area contributed by atoms with Gasteiger partial charge < -0.3 is 10.6 Å². The average Bonchev–Trinajstić information content (AvgIpc) is 2.58. The number of benzene rings is 2. The van der Waals surface area contributed by atoms with Crippen LogP contribution in [0.1, 0.15) is 11.4 Å². The smallest absolute Gasteiger partial charge is 0.149 e. The summed E-state index contributed by atoms with van der Waals surface area (Å²) in [5.41, 5.74) is 0.859. The van der Waals surface area contributed by atoms with Crippen molar-refractivity contribution in [2.45, 2.75) is 13.3 Å². The maximum Gasteiger partial charge on any atom is 0.149 e. The molecule has 2 N–H and O–H groups in total. The van der Waals surface area contributed by atoms with Gasteiger partial charge in [0.2, 0.25) is 0 Å². The van der Waals surface area contributed by atoms with E-state index >= 15 is 0 Å². The summed E-state index contributed by atoms with van der Waals surface area (Å²) < 4.78 is 27.6. The van der Waals surface area contributed by atoms with E-state index in [9.17, 15) is 8.78 Å². The number of aromatic nitrogens is 2. The Kier molecular flexibility index (Phi) is 5.63. The van der Waals surface area contributed by atoms with Crippen LogP contribution in [0.25, 0.3) is 0 Å². The molecule has 1 heterocycles. The molecule has 0 radical (unpaired) electrons. The molecule has 7 heteroatoms.